The van der Waals surface area contributed by atoms with Crippen LogP contribution in [0.2, 0.25) is 5.22 Å². The Labute approximate surface area is 56.8 Å². The van der Waals surface area contributed by atoms with Crippen LogP contribution < -0.4 is 0 Å². The molecular weight excluding hydrogens is 140 g/mol. The van der Waals surface area contributed by atoms with Crippen LogP contribution in [0.15, 0.2) is 4.52 Å². The summed E-state index contributed by atoms with van der Waals surface area (Å²) in [6.45, 7) is 1.66. The number of rotatable bonds is 0. The largest absolute Gasteiger partial charge is 0.343 e. The second kappa shape index (κ2) is 2.08. The predicted molar refractivity (Wildman–Crippen MR) is 31.0 cm³/mol. The lowest BCUT2D eigenvalue weighted by molar-refractivity contribution is 0.416. The molecule has 0 spiro atoms. The normalized spacial score (nSPS) is 9.00. The Morgan fingerprint density at radius 2 is 2.44 bits per heavy atom. The Balaban J connectivity index is 3.27. The first-order valence-corrected chi connectivity index (χ1v) is 2.65. The zero-order chi connectivity index (χ0) is 6.85. The molecule has 0 bridgehead atoms. The van der Waals surface area contributed by atoms with Crippen LogP contribution in [-0.4, -0.2) is 5.16 Å². The van der Waals surface area contributed by atoms with Gasteiger partial charge >= 0.3 is 0 Å². The zero-order valence-corrected chi connectivity index (χ0v) is 5.44. The minimum absolute atomic E-state index is 0.0648. The van der Waals surface area contributed by atoms with Gasteiger partial charge in [0.15, 0.2) is 0 Å². The van der Waals surface area contributed by atoms with Crippen LogP contribution in [0, 0.1) is 18.3 Å². The molecule has 0 unspecified atom stereocenters. The minimum atomic E-state index is 0.0648. The number of aromatic nitrogens is 1. The SMILES string of the molecule is Cc1noc(Cl)c1C#N. The molecule has 1 rings (SSSR count). The molecule has 4 heteroatoms. The van der Waals surface area contributed by atoms with Gasteiger partial charge in [0, 0.05) is 0 Å². The Morgan fingerprint density at radius 3 is 2.67 bits per heavy atom. The maximum Gasteiger partial charge on any atom is 0.244 e. The van der Waals surface area contributed by atoms with Gasteiger partial charge in [-0.05, 0) is 18.5 Å². The Bertz CT molecular complexity index is 241. The third kappa shape index (κ3) is 0.889. The smallest absolute Gasteiger partial charge is 0.244 e. The van der Waals surface area contributed by atoms with Gasteiger partial charge in [-0.25, -0.2) is 0 Å². The summed E-state index contributed by atoms with van der Waals surface area (Å²) in [6, 6.07) is 1.86. The van der Waals surface area contributed by atoms with Crippen LogP contribution in [0.3, 0.4) is 0 Å². The lowest BCUT2D eigenvalue weighted by atomic mass is 10.3. The quantitative estimate of drug-likeness (QED) is 0.552. The summed E-state index contributed by atoms with van der Waals surface area (Å²) in [5.74, 6) is 0. The molecule has 0 atom stereocenters. The van der Waals surface area contributed by atoms with Gasteiger partial charge in [-0.1, -0.05) is 5.16 Å². The van der Waals surface area contributed by atoms with Crippen molar-refractivity contribution in [3.8, 4) is 6.07 Å². The summed E-state index contributed by atoms with van der Waals surface area (Å²) in [6.07, 6.45) is 0. The van der Waals surface area contributed by atoms with Crippen molar-refractivity contribution in [1.29, 1.82) is 5.26 Å². The molecule has 1 heterocycles. The number of halogens is 1. The van der Waals surface area contributed by atoms with Crippen molar-refractivity contribution >= 4 is 11.6 Å². The number of nitrogens with zero attached hydrogens (tertiary/aromatic N) is 2. The summed E-state index contributed by atoms with van der Waals surface area (Å²) in [5.41, 5.74) is 0.846. The van der Waals surface area contributed by atoms with Crippen LogP contribution in [0.4, 0.5) is 0 Å². The highest BCUT2D eigenvalue weighted by Gasteiger charge is 2.07. The summed E-state index contributed by atoms with van der Waals surface area (Å²) >= 11 is 5.39. The second-order valence-corrected chi connectivity index (χ2v) is 1.87. The molecule has 0 radical (unpaired) electrons. The molecule has 1 aromatic rings. The van der Waals surface area contributed by atoms with E-state index in [9.17, 15) is 0 Å². The number of hydrogen-bond acceptors (Lipinski definition) is 3. The van der Waals surface area contributed by atoms with E-state index in [1.54, 1.807) is 6.92 Å². The Kier molecular flexibility index (Phi) is 1.41. The van der Waals surface area contributed by atoms with Crippen molar-refractivity contribution < 1.29 is 4.52 Å². The van der Waals surface area contributed by atoms with E-state index in [-0.39, 0.29) is 5.22 Å². The Morgan fingerprint density at radius 1 is 1.78 bits per heavy atom. The maximum absolute atomic E-state index is 8.35. The average Bonchev–Trinajstić information content (AvgIpc) is 2.12. The molecule has 0 saturated heterocycles. The van der Waals surface area contributed by atoms with Crippen LogP contribution in [0.25, 0.3) is 0 Å². The number of nitriles is 1. The van der Waals surface area contributed by atoms with Crippen molar-refractivity contribution in [2.75, 3.05) is 0 Å². The highest BCUT2D eigenvalue weighted by atomic mass is 35.5. The van der Waals surface area contributed by atoms with Crippen LogP contribution in [0.1, 0.15) is 11.3 Å². The number of aryl methyl sites for hydroxylation is 1. The van der Waals surface area contributed by atoms with Gasteiger partial charge in [-0.15, -0.1) is 0 Å². The first kappa shape index (κ1) is 6.12. The third-order valence-corrected chi connectivity index (χ3v) is 1.19. The van der Waals surface area contributed by atoms with Crippen LogP contribution in [0.5, 0.6) is 0 Å². The van der Waals surface area contributed by atoms with Crippen LogP contribution >= 0.6 is 11.6 Å². The van der Waals surface area contributed by atoms with Crippen molar-refractivity contribution in [2.24, 2.45) is 0 Å². The van der Waals surface area contributed by atoms with Crippen LogP contribution in [-0.2, 0) is 0 Å². The van der Waals surface area contributed by atoms with Gasteiger partial charge in [0.25, 0.3) is 0 Å². The van der Waals surface area contributed by atoms with E-state index in [1.165, 1.54) is 0 Å². The van der Waals surface area contributed by atoms with Gasteiger partial charge in [0.1, 0.15) is 11.6 Å². The van der Waals surface area contributed by atoms with Gasteiger partial charge in [0.05, 0.1) is 5.69 Å². The summed E-state index contributed by atoms with van der Waals surface area (Å²) < 4.78 is 4.48. The molecule has 0 aliphatic heterocycles. The minimum Gasteiger partial charge on any atom is -0.343 e. The van der Waals surface area contributed by atoms with Crippen molar-refractivity contribution in [3.05, 3.63) is 16.5 Å². The van der Waals surface area contributed by atoms with Crippen molar-refractivity contribution in [3.63, 3.8) is 0 Å². The summed E-state index contributed by atoms with van der Waals surface area (Å²) in [4.78, 5) is 0. The predicted octanol–water partition coefficient (Wildman–Crippen LogP) is 1.51. The lowest BCUT2D eigenvalue weighted by Gasteiger charge is -1.75. The highest BCUT2D eigenvalue weighted by molar-refractivity contribution is 6.29. The van der Waals surface area contributed by atoms with Gasteiger partial charge in [0.2, 0.25) is 5.22 Å². The standard InChI is InChI=1S/C5H3ClN2O/c1-3-4(2-7)5(6)9-8-3/h1H3. The molecule has 9 heavy (non-hydrogen) atoms. The lowest BCUT2D eigenvalue weighted by Crippen LogP contribution is -1.73. The van der Waals surface area contributed by atoms with E-state index in [0.717, 1.165) is 0 Å². The molecule has 0 aliphatic carbocycles. The van der Waals surface area contributed by atoms with Crippen molar-refractivity contribution in [1.82, 2.24) is 5.16 Å². The first-order chi connectivity index (χ1) is 4.25. The zero-order valence-electron chi connectivity index (χ0n) is 4.68. The fourth-order valence-corrected chi connectivity index (χ4v) is 0.680. The summed E-state index contributed by atoms with van der Waals surface area (Å²) in [7, 11) is 0. The van der Waals surface area contributed by atoms with Gasteiger partial charge in [-0.2, -0.15) is 5.26 Å². The molecule has 46 valence electrons. The summed E-state index contributed by atoms with van der Waals surface area (Å²) in [5, 5.41) is 11.9. The number of hydrogen-bond donors (Lipinski definition) is 0. The third-order valence-electron chi connectivity index (χ3n) is 0.933. The molecule has 0 N–H and O–H groups in total. The molecular formula is C5H3ClN2O. The monoisotopic (exact) mass is 142 g/mol. The van der Waals surface area contributed by atoms with E-state index >= 15 is 0 Å². The molecule has 0 fully saturated rings. The van der Waals surface area contributed by atoms with E-state index < -0.39 is 0 Å². The first-order valence-electron chi connectivity index (χ1n) is 2.27. The highest BCUT2D eigenvalue weighted by Crippen LogP contribution is 2.16. The van der Waals surface area contributed by atoms with Gasteiger partial charge in [-0.3, -0.25) is 0 Å². The molecule has 0 aliphatic rings. The van der Waals surface area contributed by atoms with E-state index in [1.807, 2.05) is 6.07 Å². The second-order valence-electron chi connectivity index (χ2n) is 1.53. The fourth-order valence-electron chi connectivity index (χ4n) is 0.467. The molecule has 3 nitrogen and oxygen atoms in total. The fraction of sp³-hybridized carbons (Fsp3) is 0.200. The average molecular weight is 143 g/mol. The maximum atomic E-state index is 8.35. The topological polar surface area (TPSA) is 49.8 Å². The van der Waals surface area contributed by atoms with E-state index in [0.29, 0.717) is 11.3 Å². The molecule has 0 saturated carbocycles. The molecule has 0 aromatic carbocycles. The van der Waals surface area contributed by atoms with Gasteiger partial charge < -0.3 is 4.52 Å². The van der Waals surface area contributed by atoms with Crippen molar-refractivity contribution in [2.45, 2.75) is 6.92 Å². The molecule has 1 aromatic heterocycles. The van der Waals surface area contributed by atoms with E-state index in [4.69, 9.17) is 16.9 Å². The van der Waals surface area contributed by atoms with E-state index in [2.05, 4.69) is 9.68 Å². The molecule has 0 amide bonds. The Hall–Kier alpha value is -1.01.